The van der Waals surface area contributed by atoms with E-state index in [4.69, 9.17) is 10.2 Å². The highest BCUT2D eigenvalue weighted by Crippen LogP contribution is 2.21. The summed E-state index contributed by atoms with van der Waals surface area (Å²) in [6.07, 6.45) is -1.57. The van der Waals surface area contributed by atoms with Gasteiger partial charge in [0.1, 0.15) is 6.10 Å². The standard InChI is InChI=1S/C7H16N2O6/c1-2-3-4(10)6(12,13)7(14,15)9-5(8)11/h4,10,12-15H,2-3H2,1H3,(H3,8,9,11). The summed E-state index contributed by atoms with van der Waals surface area (Å²) in [6.45, 7) is 1.64. The minimum atomic E-state index is -3.42. The number of hydrogen-bond acceptors (Lipinski definition) is 6. The Morgan fingerprint density at radius 1 is 1.40 bits per heavy atom. The normalized spacial score (nSPS) is 14.8. The van der Waals surface area contributed by atoms with Crippen molar-refractivity contribution in [3.8, 4) is 0 Å². The van der Waals surface area contributed by atoms with Crippen molar-refractivity contribution in [2.24, 2.45) is 5.73 Å². The number of carbonyl (C=O) groups excluding carboxylic acids is 1. The molecule has 0 aromatic rings. The highest BCUT2D eigenvalue weighted by molar-refractivity contribution is 5.72. The van der Waals surface area contributed by atoms with Gasteiger partial charge in [-0.3, -0.25) is 5.32 Å². The molecule has 0 saturated heterocycles. The lowest BCUT2D eigenvalue weighted by Crippen LogP contribution is -2.70. The van der Waals surface area contributed by atoms with Crippen LogP contribution < -0.4 is 11.1 Å². The maximum Gasteiger partial charge on any atom is 0.316 e. The van der Waals surface area contributed by atoms with Gasteiger partial charge in [-0.25, -0.2) is 4.79 Å². The van der Waals surface area contributed by atoms with Crippen molar-refractivity contribution < 1.29 is 30.3 Å². The number of amides is 2. The molecule has 8 heteroatoms. The zero-order valence-electron chi connectivity index (χ0n) is 8.21. The second-order valence-corrected chi connectivity index (χ2v) is 3.19. The van der Waals surface area contributed by atoms with Gasteiger partial charge in [-0.2, -0.15) is 0 Å². The summed E-state index contributed by atoms with van der Waals surface area (Å²) in [5.41, 5.74) is 4.58. The van der Waals surface area contributed by atoms with E-state index in [-0.39, 0.29) is 6.42 Å². The predicted molar refractivity (Wildman–Crippen MR) is 48.0 cm³/mol. The summed E-state index contributed by atoms with van der Waals surface area (Å²) in [6, 6.07) is -1.38. The van der Waals surface area contributed by atoms with Crippen LogP contribution in [0.3, 0.4) is 0 Å². The fraction of sp³-hybridized carbons (Fsp3) is 0.857. The van der Waals surface area contributed by atoms with Gasteiger partial charge in [0.15, 0.2) is 0 Å². The zero-order chi connectivity index (χ0) is 12.3. The Balaban J connectivity index is 4.74. The van der Waals surface area contributed by atoms with E-state index in [0.717, 1.165) is 0 Å². The number of primary amides is 1. The first-order valence-electron chi connectivity index (χ1n) is 4.30. The smallest absolute Gasteiger partial charge is 0.316 e. The van der Waals surface area contributed by atoms with Crippen LogP contribution in [0.2, 0.25) is 0 Å². The Bertz CT molecular complexity index is 230. The summed E-state index contributed by atoms with van der Waals surface area (Å²) in [4.78, 5) is 10.3. The molecule has 0 aliphatic rings. The quantitative estimate of drug-likeness (QED) is 0.249. The molecule has 0 aromatic carbocycles. The van der Waals surface area contributed by atoms with E-state index in [1.807, 2.05) is 0 Å². The number of urea groups is 1. The van der Waals surface area contributed by atoms with Crippen LogP contribution in [-0.2, 0) is 0 Å². The third-order valence-electron chi connectivity index (χ3n) is 1.84. The van der Waals surface area contributed by atoms with Gasteiger partial charge >= 0.3 is 11.9 Å². The fourth-order valence-electron chi connectivity index (χ4n) is 0.971. The Labute approximate surface area is 86.0 Å². The summed E-state index contributed by atoms with van der Waals surface area (Å²) >= 11 is 0. The number of nitrogens with two attached hydrogens (primary N) is 1. The predicted octanol–water partition coefficient (Wildman–Crippen LogP) is -2.86. The van der Waals surface area contributed by atoms with Crippen LogP contribution in [0.5, 0.6) is 0 Å². The minimum Gasteiger partial charge on any atom is -0.387 e. The van der Waals surface area contributed by atoms with E-state index in [1.165, 1.54) is 5.32 Å². The summed E-state index contributed by atoms with van der Waals surface area (Å²) < 4.78 is 0. The van der Waals surface area contributed by atoms with Crippen molar-refractivity contribution in [3.63, 3.8) is 0 Å². The molecule has 2 amide bonds. The van der Waals surface area contributed by atoms with E-state index in [1.54, 1.807) is 6.92 Å². The van der Waals surface area contributed by atoms with Crippen LogP contribution >= 0.6 is 0 Å². The third kappa shape index (κ3) is 3.29. The van der Waals surface area contributed by atoms with E-state index in [9.17, 15) is 20.1 Å². The van der Waals surface area contributed by atoms with Crippen LogP contribution in [0.1, 0.15) is 19.8 Å². The van der Waals surface area contributed by atoms with E-state index in [2.05, 4.69) is 5.73 Å². The Morgan fingerprint density at radius 3 is 2.20 bits per heavy atom. The minimum absolute atomic E-state index is 0.101. The molecule has 8 nitrogen and oxygen atoms in total. The van der Waals surface area contributed by atoms with E-state index >= 15 is 0 Å². The van der Waals surface area contributed by atoms with Crippen molar-refractivity contribution >= 4 is 6.03 Å². The van der Waals surface area contributed by atoms with Gasteiger partial charge in [-0.05, 0) is 6.42 Å². The first-order valence-corrected chi connectivity index (χ1v) is 4.30. The highest BCUT2D eigenvalue weighted by Gasteiger charge is 2.53. The van der Waals surface area contributed by atoms with Crippen molar-refractivity contribution in [2.45, 2.75) is 37.6 Å². The van der Waals surface area contributed by atoms with Crippen LogP contribution in [0.15, 0.2) is 0 Å². The molecule has 0 aliphatic carbocycles. The van der Waals surface area contributed by atoms with Gasteiger partial charge in [0.05, 0.1) is 0 Å². The summed E-state index contributed by atoms with van der Waals surface area (Å²) in [5, 5.41) is 47.1. The molecular weight excluding hydrogens is 208 g/mol. The van der Waals surface area contributed by atoms with Crippen LogP contribution in [0.25, 0.3) is 0 Å². The number of rotatable bonds is 5. The van der Waals surface area contributed by atoms with Gasteiger partial charge < -0.3 is 31.3 Å². The fourth-order valence-corrected chi connectivity index (χ4v) is 0.971. The monoisotopic (exact) mass is 224 g/mol. The van der Waals surface area contributed by atoms with Crippen molar-refractivity contribution in [2.75, 3.05) is 0 Å². The Hall–Kier alpha value is -0.930. The molecule has 0 fully saturated rings. The average Bonchev–Trinajstić information content (AvgIpc) is 2.01. The largest absolute Gasteiger partial charge is 0.387 e. The topological polar surface area (TPSA) is 156 Å². The maximum atomic E-state index is 10.3. The van der Waals surface area contributed by atoms with Gasteiger partial charge in [-0.1, -0.05) is 13.3 Å². The van der Waals surface area contributed by atoms with Crippen LogP contribution in [0.4, 0.5) is 4.79 Å². The molecule has 1 atom stereocenters. The molecule has 0 aromatic heterocycles. The summed E-state index contributed by atoms with van der Waals surface area (Å²) in [7, 11) is 0. The SMILES string of the molecule is CCCC(O)C(O)(O)C(O)(O)NC(N)=O. The van der Waals surface area contributed by atoms with Crippen LogP contribution in [0, 0.1) is 0 Å². The molecule has 0 rings (SSSR count). The Kier molecular flexibility index (Phi) is 4.43. The molecule has 1 unspecified atom stereocenters. The van der Waals surface area contributed by atoms with Gasteiger partial charge in [0, 0.05) is 0 Å². The molecular formula is C7H16N2O6. The molecule has 0 saturated carbocycles. The van der Waals surface area contributed by atoms with Crippen molar-refractivity contribution in [1.82, 2.24) is 5.32 Å². The molecule has 0 heterocycles. The molecule has 15 heavy (non-hydrogen) atoms. The Morgan fingerprint density at radius 2 is 1.87 bits per heavy atom. The second kappa shape index (κ2) is 4.73. The van der Waals surface area contributed by atoms with E-state index in [0.29, 0.717) is 6.42 Å². The number of aliphatic hydroxyl groups is 5. The molecule has 8 N–H and O–H groups in total. The number of aliphatic hydroxyl groups excluding tert-OH is 1. The lowest BCUT2D eigenvalue weighted by Gasteiger charge is -2.37. The van der Waals surface area contributed by atoms with Crippen LogP contribution in [-0.4, -0.2) is 49.4 Å². The maximum absolute atomic E-state index is 10.3. The lowest BCUT2D eigenvalue weighted by molar-refractivity contribution is -0.391. The molecule has 90 valence electrons. The molecule has 0 aliphatic heterocycles. The van der Waals surface area contributed by atoms with Gasteiger partial charge in [-0.15, -0.1) is 0 Å². The van der Waals surface area contributed by atoms with E-state index < -0.39 is 23.8 Å². The molecule has 0 bridgehead atoms. The summed E-state index contributed by atoms with van der Waals surface area (Å²) in [5.74, 6) is -6.73. The first-order chi connectivity index (χ1) is 6.65. The second-order valence-electron chi connectivity index (χ2n) is 3.19. The highest BCUT2D eigenvalue weighted by atomic mass is 16.6. The first kappa shape index (κ1) is 14.1. The average molecular weight is 224 g/mol. The lowest BCUT2D eigenvalue weighted by atomic mass is 10.0. The number of carbonyl (C=O) groups is 1. The number of hydrogen-bond donors (Lipinski definition) is 7. The molecule has 0 radical (unpaired) electrons. The van der Waals surface area contributed by atoms with Gasteiger partial charge in [0.25, 0.3) is 5.79 Å². The zero-order valence-corrected chi connectivity index (χ0v) is 8.21. The van der Waals surface area contributed by atoms with Crippen molar-refractivity contribution in [1.29, 1.82) is 0 Å². The van der Waals surface area contributed by atoms with Gasteiger partial charge in [0.2, 0.25) is 0 Å². The number of nitrogens with one attached hydrogen (secondary N) is 1. The molecule has 0 spiro atoms. The van der Waals surface area contributed by atoms with Crippen molar-refractivity contribution in [3.05, 3.63) is 0 Å². The third-order valence-corrected chi connectivity index (χ3v) is 1.84.